The van der Waals surface area contributed by atoms with E-state index in [0.29, 0.717) is 21.9 Å². The minimum atomic E-state index is -3.92. The summed E-state index contributed by atoms with van der Waals surface area (Å²) in [5, 5.41) is 0.348. The number of nitrogens with one attached hydrogen (secondary N) is 1. The lowest BCUT2D eigenvalue weighted by molar-refractivity contribution is -0.143. The molecule has 0 aliphatic rings. The molecule has 0 amide bonds. The zero-order valence-electron chi connectivity index (χ0n) is 15.4. The van der Waals surface area contributed by atoms with Crippen LogP contribution in [0.25, 0.3) is 0 Å². The summed E-state index contributed by atoms with van der Waals surface area (Å²) < 4.78 is 38.6. The third-order valence-electron chi connectivity index (χ3n) is 3.98. The van der Waals surface area contributed by atoms with Gasteiger partial charge in [-0.3, -0.25) is 4.79 Å². The monoisotopic (exact) mass is 411 g/mol. The number of hydrogen-bond acceptors (Lipinski definition) is 5. The number of methoxy groups -OCH3 is 1. The fraction of sp³-hybridized carbons (Fsp3) is 0.316. The van der Waals surface area contributed by atoms with E-state index in [9.17, 15) is 13.2 Å². The third-order valence-corrected chi connectivity index (χ3v) is 6.00. The summed E-state index contributed by atoms with van der Waals surface area (Å²) in [5.41, 5.74) is 1.03. The first-order valence-electron chi connectivity index (χ1n) is 8.35. The van der Waals surface area contributed by atoms with Crippen molar-refractivity contribution in [2.24, 2.45) is 0 Å². The molecule has 1 N–H and O–H groups in total. The maximum atomic E-state index is 12.9. The van der Waals surface area contributed by atoms with E-state index >= 15 is 0 Å². The minimum absolute atomic E-state index is 0.0618. The molecule has 0 fully saturated rings. The summed E-state index contributed by atoms with van der Waals surface area (Å²) in [6.45, 7) is 3.53. The van der Waals surface area contributed by atoms with Gasteiger partial charge in [-0.25, -0.2) is 13.1 Å². The second kappa shape index (κ2) is 9.21. The van der Waals surface area contributed by atoms with Gasteiger partial charge in [0, 0.05) is 5.02 Å². The van der Waals surface area contributed by atoms with E-state index < -0.39 is 22.0 Å². The standard InChI is InChI=1S/C19H22ClNO5S/c1-4-26-19(22)12-17(14-7-5-8-15(11-14)25-3)21-27(23,24)18-10-6-9-16(20)13(18)2/h5-11,17,21H,4,12H2,1-3H3. The fourth-order valence-corrected chi connectivity index (χ4v) is 4.32. The van der Waals surface area contributed by atoms with Crippen molar-refractivity contribution in [3.05, 3.63) is 58.6 Å². The Morgan fingerprint density at radius 2 is 1.93 bits per heavy atom. The maximum absolute atomic E-state index is 12.9. The molecule has 0 aromatic heterocycles. The van der Waals surface area contributed by atoms with Crippen molar-refractivity contribution in [3.8, 4) is 5.75 Å². The maximum Gasteiger partial charge on any atom is 0.307 e. The molecule has 2 aromatic rings. The Morgan fingerprint density at radius 3 is 2.59 bits per heavy atom. The topological polar surface area (TPSA) is 81.7 Å². The van der Waals surface area contributed by atoms with E-state index in [2.05, 4.69) is 4.72 Å². The lowest BCUT2D eigenvalue weighted by atomic mass is 10.0. The smallest absolute Gasteiger partial charge is 0.307 e. The Morgan fingerprint density at radius 1 is 1.22 bits per heavy atom. The quantitative estimate of drug-likeness (QED) is 0.671. The molecule has 1 unspecified atom stereocenters. The third kappa shape index (κ3) is 5.45. The molecule has 0 aliphatic carbocycles. The first-order chi connectivity index (χ1) is 12.8. The van der Waals surface area contributed by atoms with Crippen LogP contribution < -0.4 is 9.46 Å². The highest BCUT2D eigenvalue weighted by Gasteiger charge is 2.26. The highest BCUT2D eigenvalue weighted by Crippen LogP contribution is 2.27. The van der Waals surface area contributed by atoms with Crippen LogP contribution in [-0.4, -0.2) is 28.1 Å². The van der Waals surface area contributed by atoms with Gasteiger partial charge in [-0.2, -0.15) is 0 Å². The Hall–Kier alpha value is -2.09. The summed E-state index contributed by atoms with van der Waals surface area (Å²) in [5.74, 6) is 0.0512. The average Bonchev–Trinajstić information content (AvgIpc) is 2.63. The van der Waals surface area contributed by atoms with Crippen molar-refractivity contribution < 1.29 is 22.7 Å². The van der Waals surface area contributed by atoms with Gasteiger partial charge in [0.05, 0.1) is 31.1 Å². The zero-order chi connectivity index (χ0) is 20.0. The molecule has 2 aromatic carbocycles. The number of ether oxygens (including phenoxy) is 2. The van der Waals surface area contributed by atoms with Gasteiger partial charge in [0.2, 0.25) is 10.0 Å². The Labute approximate surface area is 164 Å². The molecule has 0 bridgehead atoms. The second-order valence-corrected chi connectivity index (χ2v) is 7.91. The van der Waals surface area contributed by atoms with Crippen LogP contribution in [-0.2, 0) is 19.6 Å². The van der Waals surface area contributed by atoms with Crippen molar-refractivity contribution in [1.29, 1.82) is 0 Å². The number of carbonyl (C=O) groups is 1. The largest absolute Gasteiger partial charge is 0.497 e. The van der Waals surface area contributed by atoms with Gasteiger partial charge in [0.15, 0.2) is 0 Å². The van der Waals surface area contributed by atoms with Crippen LogP contribution in [0.1, 0.15) is 30.5 Å². The van der Waals surface area contributed by atoms with Crippen molar-refractivity contribution in [3.63, 3.8) is 0 Å². The molecular weight excluding hydrogens is 390 g/mol. The van der Waals surface area contributed by atoms with Crippen molar-refractivity contribution in [1.82, 2.24) is 4.72 Å². The lowest BCUT2D eigenvalue weighted by Crippen LogP contribution is -2.31. The van der Waals surface area contributed by atoms with Crippen molar-refractivity contribution in [2.45, 2.75) is 31.2 Å². The van der Waals surface area contributed by atoms with E-state index in [1.807, 2.05) is 0 Å². The van der Waals surface area contributed by atoms with Crippen LogP contribution in [0.3, 0.4) is 0 Å². The molecule has 0 aliphatic heterocycles. The molecule has 0 heterocycles. The average molecular weight is 412 g/mol. The van der Waals surface area contributed by atoms with E-state index in [1.54, 1.807) is 50.2 Å². The Kier molecular flexibility index (Phi) is 7.24. The first-order valence-corrected chi connectivity index (χ1v) is 10.2. The van der Waals surface area contributed by atoms with Gasteiger partial charge in [0.1, 0.15) is 5.75 Å². The number of benzene rings is 2. The lowest BCUT2D eigenvalue weighted by Gasteiger charge is -2.20. The van der Waals surface area contributed by atoms with E-state index in [1.165, 1.54) is 13.2 Å². The van der Waals surface area contributed by atoms with Gasteiger partial charge >= 0.3 is 5.97 Å². The summed E-state index contributed by atoms with van der Waals surface area (Å²) in [4.78, 5) is 12.1. The van der Waals surface area contributed by atoms with E-state index in [4.69, 9.17) is 21.1 Å². The van der Waals surface area contributed by atoms with Gasteiger partial charge in [-0.15, -0.1) is 0 Å². The predicted molar refractivity (Wildman–Crippen MR) is 103 cm³/mol. The van der Waals surface area contributed by atoms with Crippen LogP contribution in [0, 0.1) is 6.92 Å². The fourth-order valence-electron chi connectivity index (χ4n) is 2.60. The van der Waals surface area contributed by atoms with Gasteiger partial charge in [0.25, 0.3) is 0 Å². The number of carbonyl (C=O) groups excluding carboxylic acids is 1. The molecule has 2 rings (SSSR count). The van der Waals surface area contributed by atoms with Gasteiger partial charge in [-0.1, -0.05) is 29.8 Å². The van der Waals surface area contributed by atoms with Crippen LogP contribution in [0.5, 0.6) is 5.75 Å². The van der Waals surface area contributed by atoms with Crippen molar-refractivity contribution >= 4 is 27.6 Å². The number of halogens is 1. The minimum Gasteiger partial charge on any atom is -0.497 e. The summed E-state index contributed by atoms with van der Waals surface area (Å²) >= 11 is 6.06. The molecule has 146 valence electrons. The van der Waals surface area contributed by atoms with E-state index in [0.717, 1.165) is 0 Å². The van der Waals surface area contributed by atoms with Crippen molar-refractivity contribution in [2.75, 3.05) is 13.7 Å². The van der Waals surface area contributed by atoms with Crippen LogP contribution in [0.15, 0.2) is 47.4 Å². The van der Waals surface area contributed by atoms with Crippen LogP contribution in [0.2, 0.25) is 5.02 Å². The molecule has 27 heavy (non-hydrogen) atoms. The van der Waals surface area contributed by atoms with Crippen LogP contribution >= 0.6 is 11.6 Å². The van der Waals surface area contributed by atoms with Gasteiger partial charge in [-0.05, 0) is 49.2 Å². The molecule has 8 heteroatoms. The Balaban J connectivity index is 2.40. The molecule has 0 saturated carbocycles. The van der Waals surface area contributed by atoms with Gasteiger partial charge < -0.3 is 9.47 Å². The molecule has 0 radical (unpaired) electrons. The number of sulfonamides is 1. The second-order valence-electron chi connectivity index (χ2n) is 5.82. The molecule has 0 saturated heterocycles. The summed E-state index contributed by atoms with van der Waals surface area (Å²) in [7, 11) is -2.41. The number of hydrogen-bond donors (Lipinski definition) is 1. The number of rotatable bonds is 8. The molecule has 1 atom stereocenters. The number of esters is 1. The summed E-state index contributed by atoms with van der Waals surface area (Å²) in [6, 6.07) is 10.7. The zero-order valence-corrected chi connectivity index (χ0v) is 16.9. The molecular formula is C19H22ClNO5S. The highest BCUT2D eigenvalue weighted by atomic mass is 35.5. The molecule has 0 spiro atoms. The normalized spacial score (nSPS) is 12.4. The van der Waals surface area contributed by atoms with Crippen LogP contribution in [0.4, 0.5) is 0 Å². The molecule has 6 nitrogen and oxygen atoms in total. The SMILES string of the molecule is CCOC(=O)CC(NS(=O)(=O)c1cccc(Cl)c1C)c1cccc(OC)c1. The van der Waals surface area contributed by atoms with E-state index in [-0.39, 0.29) is 17.9 Å². The first kappa shape index (κ1) is 21.2. The summed E-state index contributed by atoms with van der Waals surface area (Å²) in [6.07, 6.45) is -0.153. The Bertz CT molecular complexity index is 914. The predicted octanol–water partition coefficient (Wildman–Crippen LogP) is 3.63. The highest BCUT2D eigenvalue weighted by molar-refractivity contribution is 7.89.